The van der Waals surface area contributed by atoms with Crippen molar-refractivity contribution in [3.05, 3.63) is 24.3 Å². The van der Waals surface area contributed by atoms with E-state index in [1.165, 1.54) is 6.33 Å². The SMILES string of the molecule is C#CCNC(=O)C(C)NCc1ccncn1. The Morgan fingerprint density at radius 3 is 3.12 bits per heavy atom. The van der Waals surface area contributed by atoms with Gasteiger partial charge in [0.1, 0.15) is 6.33 Å². The summed E-state index contributed by atoms with van der Waals surface area (Å²) in [5.41, 5.74) is 0.839. The largest absolute Gasteiger partial charge is 0.344 e. The molecule has 1 atom stereocenters. The van der Waals surface area contributed by atoms with Crippen LogP contribution in [0.5, 0.6) is 0 Å². The molecule has 0 saturated carbocycles. The summed E-state index contributed by atoms with van der Waals surface area (Å²) in [7, 11) is 0. The Kier molecular flexibility index (Phi) is 4.96. The molecule has 0 aliphatic heterocycles. The molecule has 0 fully saturated rings. The highest BCUT2D eigenvalue weighted by atomic mass is 16.2. The molecule has 1 amide bonds. The normalized spacial score (nSPS) is 11.5. The number of terminal acetylenes is 1. The monoisotopic (exact) mass is 218 g/mol. The topological polar surface area (TPSA) is 66.9 Å². The molecule has 16 heavy (non-hydrogen) atoms. The molecule has 1 aromatic heterocycles. The number of nitrogens with zero attached hydrogens (tertiary/aromatic N) is 2. The number of hydrogen-bond acceptors (Lipinski definition) is 4. The smallest absolute Gasteiger partial charge is 0.237 e. The Hall–Kier alpha value is -1.93. The summed E-state index contributed by atoms with van der Waals surface area (Å²) in [6.45, 7) is 2.54. The van der Waals surface area contributed by atoms with Crippen LogP contribution >= 0.6 is 0 Å². The Labute approximate surface area is 94.7 Å². The maximum absolute atomic E-state index is 11.4. The van der Waals surface area contributed by atoms with E-state index in [9.17, 15) is 4.79 Å². The van der Waals surface area contributed by atoms with Gasteiger partial charge in [0, 0.05) is 12.7 Å². The van der Waals surface area contributed by atoms with Gasteiger partial charge in [-0.25, -0.2) is 9.97 Å². The second-order valence-corrected chi connectivity index (χ2v) is 3.23. The van der Waals surface area contributed by atoms with Gasteiger partial charge in [0.05, 0.1) is 18.3 Å². The fraction of sp³-hybridized carbons (Fsp3) is 0.364. The summed E-state index contributed by atoms with van der Waals surface area (Å²) >= 11 is 0. The van der Waals surface area contributed by atoms with E-state index in [0.29, 0.717) is 6.54 Å². The Morgan fingerprint density at radius 2 is 2.50 bits per heavy atom. The van der Waals surface area contributed by atoms with Crippen molar-refractivity contribution in [3.63, 3.8) is 0 Å². The Bertz CT molecular complexity index is 371. The van der Waals surface area contributed by atoms with Crippen molar-refractivity contribution < 1.29 is 4.79 Å². The molecule has 0 aliphatic rings. The highest BCUT2D eigenvalue weighted by Crippen LogP contribution is 1.91. The first-order valence-corrected chi connectivity index (χ1v) is 4.93. The van der Waals surface area contributed by atoms with Crippen LogP contribution < -0.4 is 10.6 Å². The molecule has 1 heterocycles. The average Bonchev–Trinajstić information content (AvgIpc) is 2.34. The minimum absolute atomic E-state index is 0.119. The highest BCUT2D eigenvalue weighted by molar-refractivity contribution is 5.81. The third-order valence-corrected chi connectivity index (χ3v) is 1.99. The predicted octanol–water partition coefficient (Wildman–Crippen LogP) is -0.296. The van der Waals surface area contributed by atoms with Crippen molar-refractivity contribution in [1.29, 1.82) is 0 Å². The van der Waals surface area contributed by atoms with Gasteiger partial charge in [0.25, 0.3) is 0 Å². The van der Waals surface area contributed by atoms with E-state index in [4.69, 9.17) is 6.42 Å². The lowest BCUT2D eigenvalue weighted by Gasteiger charge is -2.12. The molecule has 0 aliphatic carbocycles. The van der Waals surface area contributed by atoms with Crippen LogP contribution in [0.25, 0.3) is 0 Å². The van der Waals surface area contributed by atoms with E-state index in [0.717, 1.165) is 5.69 Å². The average molecular weight is 218 g/mol. The molecule has 5 heteroatoms. The molecular formula is C11H14N4O. The number of hydrogen-bond donors (Lipinski definition) is 2. The van der Waals surface area contributed by atoms with Crippen molar-refractivity contribution in [2.45, 2.75) is 19.5 Å². The molecule has 0 aromatic carbocycles. The fourth-order valence-corrected chi connectivity index (χ4v) is 1.06. The third-order valence-electron chi connectivity index (χ3n) is 1.99. The molecule has 1 unspecified atom stereocenters. The van der Waals surface area contributed by atoms with E-state index in [-0.39, 0.29) is 18.5 Å². The maximum Gasteiger partial charge on any atom is 0.237 e. The van der Waals surface area contributed by atoms with E-state index in [1.807, 2.05) is 0 Å². The second-order valence-electron chi connectivity index (χ2n) is 3.23. The Balaban J connectivity index is 2.33. The molecule has 0 spiro atoms. The molecule has 1 aromatic rings. The van der Waals surface area contributed by atoms with Crippen molar-refractivity contribution in [3.8, 4) is 12.3 Å². The van der Waals surface area contributed by atoms with Gasteiger partial charge in [-0.05, 0) is 13.0 Å². The van der Waals surface area contributed by atoms with Crippen molar-refractivity contribution >= 4 is 5.91 Å². The molecular weight excluding hydrogens is 204 g/mol. The lowest BCUT2D eigenvalue weighted by atomic mass is 10.3. The van der Waals surface area contributed by atoms with Crippen LogP contribution in [0.4, 0.5) is 0 Å². The minimum Gasteiger partial charge on any atom is -0.344 e. The predicted molar refractivity (Wildman–Crippen MR) is 60.2 cm³/mol. The molecule has 2 N–H and O–H groups in total. The molecule has 1 rings (SSSR count). The third kappa shape index (κ3) is 4.07. The molecule has 5 nitrogen and oxygen atoms in total. The number of amides is 1. The van der Waals surface area contributed by atoms with Crippen LogP contribution in [0.2, 0.25) is 0 Å². The highest BCUT2D eigenvalue weighted by Gasteiger charge is 2.10. The van der Waals surface area contributed by atoms with E-state index in [1.54, 1.807) is 19.2 Å². The summed E-state index contributed by atoms with van der Waals surface area (Å²) in [6.07, 6.45) is 8.17. The van der Waals surface area contributed by atoms with E-state index >= 15 is 0 Å². The van der Waals surface area contributed by atoms with E-state index in [2.05, 4.69) is 26.5 Å². The summed E-state index contributed by atoms with van der Waals surface area (Å²) in [5, 5.41) is 5.63. The van der Waals surface area contributed by atoms with Gasteiger partial charge in [0.15, 0.2) is 0 Å². The number of nitrogens with one attached hydrogen (secondary N) is 2. The lowest BCUT2D eigenvalue weighted by molar-refractivity contribution is -0.122. The van der Waals surface area contributed by atoms with Gasteiger partial charge in [0.2, 0.25) is 5.91 Å². The first kappa shape index (κ1) is 12.1. The summed E-state index contributed by atoms with van der Waals surface area (Å²) in [4.78, 5) is 19.3. The first-order chi connectivity index (χ1) is 7.74. The molecule has 0 saturated heterocycles. The zero-order valence-corrected chi connectivity index (χ0v) is 9.10. The van der Waals surface area contributed by atoms with Crippen molar-refractivity contribution in [1.82, 2.24) is 20.6 Å². The van der Waals surface area contributed by atoms with Gasteiger partial charge in [-0.2, -0.15) is 0 Å². The van der Waals surface area contributed by atoms with Crippen LogP contribution in [0, 0.1) is 12.3 Å². The van der Waals surface area contributed by atoms with Crippen LogP contribution in [-0.2, 0) is 11.3 Å². The van der Waals surface area contributed by atoms with E-state index < -0.39 is 0 Å². The van der Waals surface area contributed by atoms with Gasteiger partial charge in [-0.3, -0.25) is 4.79 Å². The molecule has 0 radical (unpaired) electrons. The fourth-order valence-electron chi connectivity index (χ4n) is 1.06. The summed E-state index contributed by atoms with van der Waals surface area (Å²) in [6, 6.07) is 1.49. The summed E-state index contributed by atoms with van der Waals surface area (Å²) in [5.74, 6) is 2.23. The van der Waals surface area contributed by atoms with Crippen molar-refractivity contribution in [2.24, 2.45) is 0 Å². The second kappa shape index (κ2) is 6.53. The zero-order chi connectivity index (χ0) is 11.8. The number of rotatable bonds is 5. The van der Waals surface area contributed by atoms with Gasteiger partial charge in [-0.15, -0.1) is 6.42 Å². The maximum atomic E-state index is 11.4. The Morgan fingerprint density at radius 1 is 1.69 bits per heavy atom. The van der Waals surface area contributed by atoms with Crippen molar-refractivity contribution in [2.75, 3.05) is 6.54 Å². The molecule has 84 valence electrons. The molecule has 0 bridgehead atoms. The number of carbonyl (C=O) groups is 1. The zero-order valence-electron chi connectivity index (χ0n) is 9.10. The van der Waals surface area contributed by atoms with Crippen LogP contribution in [-0.4, -0.2) is 28.5 Å². The summed E-state index contributed by atoms with van der Waals surface area (Å²) < 4.78 is 0. The quantitative estimate of drug-likeness (QED) is 0.666. The first-order valence-electron chi connectivity index (χ1n) is 4.93. The van der Waals surface area contributed by atoms with Crippen LogP contribution in [0.15, 0.2) is 18.6 Å². The van der Waals surface area contributed by atoms with Gasteiger partial charge < -0.3 is 10.6 Å². The number of aromatic nitrogens is 2. The van der Waals surface area contributed by atoms with Gasteiger partial charge >= 0.3 is 0 Å². The van der Waals surface area contributed by atoms with Crippen LogP contribution in [0.3, 0.4) is 0 Å². The van der Waals surface area contributed by atoms with Crippen LogP contribution in [0.1, 0.15) is 12.6 Å². The number of carbonyl (C=O) groups excluding carboxylic acids is 1. The lowest BCUT2D eigenvalue weighted by Crippen LogP contribution is -2.42. The standard InChI is InChI=1S/C11H14N4O/c1-3-5-13-11(16)9(2)14-7-10-4-6-12-8-15-10/h1,4,6,8-9,14H,5,7H2,2H3,(H,13,16). The van der Waals surface area contributed by atoms with Gasteiger partial charge in [-0.1, -0.05) is 5.92 Å². The minimum atomic E-state index is -0.302.